The molecule has 0 unspecified atom stereocenters. The Kier molecular flexibility index (Phi) is 6.42. The number of nitrogens with one attached hydrogen (secondary N) is 2. The van der Waals surface area contributed by atoms with E-state index < -0.39 is 25.9 Å². The van der Waals surface area contributed by atoms with Crippen LogP contribution in [0.3, 0.4) is 0 Å². The molecule has 2 N–H and O–H groups in total. The van der Waals surface area contributed by atoms with Crippen LogP contribution in [0.2, 0.25) is 0 Å². The highest BCUT2D eigenvalue weighted by atomic mass is 32.2. The van der Waals surface area contributed by atoms with Gasteiger partial charge in [-0.1, -0.05) is 37.6 Å². The fourth-order valence-electron chi connectivity index (χ4n) is 2.81. The van der Waals surface area contributed by atoms with E-state index in [-0.39, 0.29) is 21.2 Å². The summed E-state index contributed by atoms with van der Waals surface area (Å²) in [5.41, 5.74) is 1.15. The van der Waals surface area contributed by atoms with Gasteiger partial charge in [0.1, 0.15) is 5.82 Å². The number of hydrogen-bond donors (Lipinski definition) is 2. The molecule has 0 saturated heterocycles. The number of sulfonamides is 2. The molecule has 0 spiro atoms. The van der Waals surface area contributed by atoms with Crippen molar-refractivity contribution in [1.82, 2.24) is 0 Å². The molecule has 0 atom stereocenters. The van der Waals surface area contributed by atoms with Crippen LogP contribution in [-0.2, 0) is 26.5 Å². The maximum Gasteiger partial charge on any atom is 0.261 e. The lowest BCUT2D eigenvalue weighted by Gasteiger charge is -2.15. The van der Waals surface area contributed by atoms with Gasteiger partial charge in [-0.05, 0) is 60.5 Å². The molecule has 0 aromatic heterocycles. The van der Waals surface area contributed by atoms with E-state index in [2.05, 4.69) is 9.44 Å². The molecule has 0 saturated carbocycles. The van der Waals surface area contributed by atoms with Crippen LogP contribution < -0.4 is 9.44 Å². The summed E-state index contributed by atoms with van der Waals surface area (Å²) in [6, 6.07) is 16.9. The van der Waals surface area contributed by atoms with Crippen LogP contribution in [0.5, 0.6) is 0 Å². The highest BCUT2D eigenvalue weighted by Crippen LogP contribution is 2.27. The Morgan fingerprint density at radius 2 is 1.13 bits per heavy atom. The SMILES string of the molecule is CCCc1ccc(S(=O)(=O)Nc2ccccc2NS(=O)(=O)c2ccc(F)cc2)cc1. The normalized spacial score (nSPS) is 11.8. The van der Waals surface area contributed by atoms with Crippen LogP contribution in [0, 0.1) is 5.82 Å². The molecular weight excluding hydrogens is 427 g/mol. The monoisotopic (exact) mass is 448 g/mol. The number of halogens is 1. The number of aryl methyl sites for hydroxylation is 1. The van der Waals surface area contributed by atoms with Crippen LogP contribution in [0.25, 0.3) is 0 Å². The van der Waals surface area contributed by atoms with Crippen LogP contribution in [0.1, 0.15) is 18.9 Å². The van der Waals surface area contributed by atoms with E-state index in [1.165, 1.54) is 24.3 Å². The fraction of sp³-hybridized carbons (Fsp3) is 0.143. The van der Waals surface area contributed by atoms with Crippen LogP contribution in [0.15, 0.2) is 82.6 Å². The quantitative estimate of drug-likeness (QED) is 0.535. The Morgan fingerprint density at radius 1 is 0.700 bits per heavy atom. The van der Waals surface area contributed by atoms with Crippen molar-refractivity contribution in [2.45, 2.75) is 29.6 Å². The molecule has 0 heterocycles. The molecule has 0 bridgehead atoms. The third kappa shape index (κ3) is 5.17. The van der Waals surface area contributed by atoms with Gasteiger partial charge in [0.25, 0.3) is 20.0 Å². The van der Waals surface area contributed by atoms with E-state index in [9.17, 15) is 21.2 Å². The van der Waals surface area contributed by atoms with Gasteiger partial charge in [0, 0.05) is 0 Å². The second-order valence-electron chi connectivity index (χ2n) is 6.60. The van der Waals surface area contributed by atoms with Crippen molar-refractivity contribution in [2.75, 3.05) is 9.44 Å². The highest BCUT2D eigenvalue weighted by molar-refractivity contribution is 7.93. The van der Waals surface area contributed by atoms with Crippen molar-refractivity contribution in [3.05, 3.63) is 84.2 Å². The summed E-state index contributed by atoms with van der Waals surface area (Å²) in [5.74, 6) is -0.563. The van der Waals surface area contributed by atoms with E-state index in [1.807, 2.05) is 6.92 Å². The highest BCUT2D eigenvalue weighted by Gasteiger charge is 2.19. The molecule has 6 nitrogen and oxygen atoms in total. The lowest BCUT2D eigenvalue weighted by Crippen LogP contribution is -2.17. The molecule has 0 radical (unpaired) electrons. The number of anilines is 2. The molecule has 30 heavy (non-hydrogen) atoms. The van der Waals surface area contributed by atoms with Gasteiger partial charge in [0.2, 0.25) is 0 Å². The summed E-state index contributed by atoms with van der Waals surface area (Å²) >= 11 is 0. The lowest BCUT2D eigenvalue weighted by molar-refractivity contribution is 0.598. The average Bonchev–Trinajstić information content (AvgIpc) is 2.70. The fourth-order valence-corrected chi connectivity index (χ4v) is 4.97. The van der Waals surface area contributed by atoms with Crippen LogP contribution in [-0.4, -0.2) is 16.8 Å². The molecule has 0 aliphatic heterocycles. The van der Waals surface area contributed by atoms with E-state index in [4.69, 9.17) is 0 Å². The van der Waals surface area contributed by atoms with Gasteiger partial charge in [-0.25, -0.2) is 21.2 Å². The maximum atomic E-state index is 13.1. The number of para-hydroxylation sites is 2. The second kappa shape index (κ2) is 8.85. The zero-order valence-electron chi connectivity index (χ0n) is 16.2. The molecule has 0 fully saturated rings. The number of rotatable bonds is 8. The van der Waals surface area contributed by atoms with Gasteiger partial charge in [0.05, 0.1) is 21.2 Å². The summed E-state index contributed by atoms with van der Waals surface area (Å²) in [7, 11) is -7.96. The van der Waals surface area contributed by atoms with Crippen molar-refractivity contribution >= 4 is 31.4 Å². The first-order chi connectivity index (χ1) is 14.2. The predicted molar refractivity (Wildman–Crippen MR) is 115 cm³/mol. The average molecular weight is 449 g/mol. The molecule has 0 aliphatic rings. The van der Waals surface area contributed by atoms with Crippen molar-refractivity contribution in [3.8, 4) is 0 Å². The van der Waals surface area contributed by atoms with Gasteiger partial charge in [-0.3, -0.25) is 9.44 Å². The first-order valence-electron chi connectivity index (χ1n) is 9.20. The Balaban J connectivity index is 1.87. The Bertz CT molecular complexity index is 1220. The van der Waals surface area contributed by atoms with E-state index in [0.717, 1.165) is 42.7 Å². The first kappa shape index (κ1) is 21.8. The minimum absolute atomic E-state index is 0.0491. The van der Waals surface area contributed by atoms with Crippen LogP contribution >= 0.6 is 0 Å². The zero-order chi connectivity index (χ0) is 21.8. The molecule has 0 amide bonds. The van der Waals surface area contributed by atoms with Gasteiger partial charge in [0.15, 0.2) is 0 Å². The molecule has 3 aromatic rings. The first-order valence-corrected chi connectivity index (χ1v) is 12.2. The van der Waals surface area contributed by atoms with Gasteiger partial charge in [-0.2, -0.15) is 0 Å². The largest absolute Gasteiger partial charge is 0.277 e. The summed E-state index contributed by atoms with van der Waals surface area (Å²) in [4.78, 5) is -0.0772. The lowest BCUT2D eigenvalue weighted by atomic mass is 10.1. The third-order valence-corrected chi connectivity index (χ3v) is 7.07. The standard InChI is InChI=1S/C21H21FN2O4S2/c1-2-5-16-8-12-18(13-9-16)29(25,26)23-20-6-3-4-7-21(20)24-30(27,28)19-14-10-17(22)11-15-19/h3-4,6-15,23-24H,2,5H2,1H3. The predicted octanol–water partition coefficient (Wildman–Crippen LogP) is 4.38. The number of hydrogen-bond acceptors (Lipinski definition) is 4. The molecule has 9 heteroatoms. The summed E-state index contributed by atoms with van der Waals surface area (Å²) in [6.07, 6.45) is 1.80. The summed E-state index contributed by atoms with van der Waals surface area (Å²) in [5, 5.41) is 0. The van der Waals surface area contributed by atoms with Crippen molar-refractivity contribution in [2.24, 2.45) is 0 Å². The second-order valence-corrected chi connectivity index (χ2v) is 9.97. The van der Waals surface area contributed by atoms with Crippen molar-refractivity contribution in [3.63, 3.8) is 0 Å². The van der Waals surface area contributed by atoms with Gasteiger partial charge >= 0.3 is 0 Å². The van der Waals surface area contributed by atoms with Crippen molar-refractivity contribution in [1.29, 1.82) is 0 Å². The Hall–Kier alpha value is -2.91. The molecule has 158 valence electrons. The van der Waals surface area contributed by atoms with Gasteiger partial charge in [-0.15, -0.1) is 0 Å². The maximum absolute atomic E-state index is 13.1. The number of benzene rings is 3. The molecule has 3 aromatic carbocycles. The smallest absolute Gasteiger partial charge is 0.261 e. The minimum atomic E-state index is -4.04. The molecule has 3 rings (SSSR count). The summed E-state index contributed by atoms with van der Waals surface area (Å²) < 4.78 is 68.6. The van der Waals surface area contributed by atoms with E-state index in [0.29, 0.717) is 0 Å². The third-order valence-electron chi connectivity index (χ3n) is 4.31. The Labute approximate surface area is 175 Å². The van der Waals surface area contributed by atoms with E-state index >= 15 is 0 Å². The minimum Gasteiger partial charge on any atom is -0.277 e. The molecular formula is C21H21FN2O4S2. The molecule has 0 aliphatic carbocycles. The topological polar surface area (TPSA) is 92.3 Å². The van der Waals surface area contributed by atoms with Crippen LogP contribution in [0.4, 0.5) is 15.8 Å². The zero-order valence-corrected chi connectivity index (χ0v) is 17.8. The van der Waals surface area contributed by atoms with Crippen molar-refractivity contribution < 1.29 is 21.2 Å². The van der Waals surface area contributed by atoms with E-state index in [1.54, 1.807) is 24.3 Å². The summed E-state index contributed by atoms with van der Waals surface area (Å²) in [6.45, 7) is 2.04. The Morgan fingerprint density at radius 3 is 1.57 bits per heavy atom. The van der Waals surface area contributed by atoms with Gasteiger partial charge < -0.3 is 0 Å².